The van der Waals surface area contributed by atoms with Gasteiger partial charge in [0.2, 0.25) is 11.4 Å². The summed E-state index contributed by atoms with van der Waals surface area (Å²) in [4.78, 5) is 23.0. The summed E-state index contributed by atoms with van der Waals surface area (Å²) in [5.41, 5.74) is -2.79. The zero-order valence-corrected chi connectivity index (χ0v) is 14.1. The largest absolute Gasteiger partial charge is 0.479 e. The fourth-order valence-electron chi connectivity index (χ4n) is 3.09. The van der Waals surface area contributed by atoms with Crippen molar-refractivity contribution in [3.05, 3.63) is 0 Å². The molecule has 8 nitrogen and oxygen atoms in total. The molecule has 5 N–H and O–H groups in total. The maximum Gasteiger partial charge on any atom is 0.335 e. The number of ketones is 1. The highest BCUT2D eigenvalue weighted by atomic mass is 16.7. The average molecular weight is 348 g/mol. The topological polar surface area (TPSA) is 145 Å². The van der Waals surface area contributed by atoms with E-state index >= 15 is 0 Å². The molecule has 1 rings (SSSR count). The molecule has 24 heavy (non-hydrogen) atoms. The monoisotopic (exact) mass is 348 g/mol. The molecule has 0 unspecified atom stereocenters. The summed E-state index contributed by atoms with van der Waals surface area (Å²) >= 11 is 0. The molecular weight excluding hydrogens is 320 g/mol. The van der Waals surface area contributed by atoms with Crippen molar-refractivity contribution in [2.75, 3.05) is 0 Å². The van der Waals surface area contributed by atoms with E-state index < -0.39 is 41.5 Å². The van der Waals surface area contributed by atoms with E-state index in [-0.39, 0.29) is 6.42 Å². The lowest BCUT2D eigenvalue weighted by atomic mass is 9.75. The predicted octanol–water partition coefficient (Wildman–Crippen LogP) is -0.0491. The first-order valence-electron chi connectivity index (χ1n) is 8.34. The Morgan fingerprint density at radius 2 is 1.58 bits per heavy atom. The number of aliphatic hydroxyl groups excluding tert-OH is 2. The Balaban J connectivity index is 2.91. The summed E-state index contributed by atoms with van der Waals surface area (Å²) in [7, 11) is 0. The number of hydrogen-bond donors (Lipinski definition) is 5. The van der Waals surface area contributed by atoms with E-state index in [2.05, 4.69) is 6.92 Å². The van der Waals surface area contributed by atoms with Crippen LogP contribution in [0.5, 0.6) is 0 Å². The van der Waals surface area contributed by atoms with Crippen LogP contribution in [0.3, 0.4) is 0 Å². The van der Waals surface area contributed by atoms with Gasteiger partial charge in [0.1, 0.15) is 12.2 Å². The van der Waals surface area contributed by atoms with Gasteiger partial charge in [0.15, 0.2) is 11.9 Å². The van der Waals surface area contributed by atoms with Crippen molar-refractivity contribution in [2.45, 2.75) is 88.5 Å². The molecule has 140 valence electrons. The van der Waals surface area contributed by atoms with Gasteiger partial charge >= 0.3 is 5.97 Å². The smallest absolute Gasteiger partial charge is 0.335 e. The minimum Gasteiger partial charge on any atom is -0.479 e. The lowest BCUT2D eigenvalue weighted by Crippen LogP contribution is -2.76. The number of carboxylic acids is 1. The number of ether oxygens (including phenoxy) is 1. The standard InChI is InChI=1S/C16H28O8/c1-3-4-5-6-7-8-9-15(22)16(23,10(2)17)13(19)11(18)12(24-15)14(20)21/h11-13,18-19,22-23H,3-9H2,1-2H3,(H,20,21)/t11-,12+,13+,15-,16-/m1/s1. The highest BCUT2D eigenvalue weighted by molar-refractivity contribution is 5.87. The van der Waals surface area contributed by atoms with Crippen LogP contribution >= 0.6 is 0 Å². The van der Waals surface area contributed by atoms with E-state index in [0.717, 1.165) is 32.6 Å². The zero-order valence-electron chi connectivity index (χ0n) is 14.1. The summed E-state index contributed by atoms with van der Waals surface area (Å²) < 4.78 is 5.00. The summed E-state index contributed by atoms with van der Waals surface area (Å²) in [6.45, 7) is 3.01. The molecule has 0 bridgehead atoms. The Hall–Kier alpha value is -1.06. The molecule has 1 aliphatic heterocycles. The molecule has 0 aromatic heterocycles. The Kier molecular flexibility index (Phi) is 7.30. The first kappa shape index (κ1) is 21.0. The second-order valence-corrected chi connectivity index (χ2v) is 6.44. The van der Waals surface area contributed by atoms with Gasteiger partial charge in [0, 0.05) is 6.42 Å². The molecule has 0 radical (unpaired) electrons. The average Bonchev–Trinajstić information content (AvgIpc) is 2.52. The first-order valence-corrected chi connectivity index (χ1v) is 8.34. The number of Topliss-reactive ketones (excluding diaryl/α,β-unsaturated/α-hetero) is 1. The molecule has 0 aromatic rings. The van der Waals surface area contributed by atoms with Gasteiger partial charge in [0.05, 0.1) is 0 Å². The van der Waals surface area contributed by atoms with Gasteiger partial charge in [-0.05, 0) is 13.3 Å². The normalized spacial score (nSPS) is 36.5. The number of hydrogen-bond acceptors (Lipinski definition) is 7. The van der Waals surface area contributed by atoms with Crippen LogP contribution in [-0.4, -0.2) is 67.0 Å². The van der Waals surface area contributed by atoms with E-state index in [1.807, 2.05) is 0 Å². The van der Waals surface area contributed by atoms with Crippen LogP contribution in [0.15, 0.2) is 0 Å². The molecular formula is C16H28O8. The van der Waals surface area contributed by atoms with Gasteiger partial charge in [-0.25, -0.2) is 4.79 Å². The lowest BCUT2D eigenvalue weighted by molar-refractivity contribution is -0.370. The highest BCUT2D eigenvalue weighted by Crippen LogP contribution is 2.40. The van der Waals surface area contributed by atoms with Gasteiger partial charge in [-0.1, -0.05) is 39.0 Å². The molecule has 0 amide bonds. The van der Waals surface area contributed by atoms with Crippen LogP contribution in [0.2, 0.25) is 0 Å². The van der Waals surface area contributed by atoms with Crippen LogP contribution in [0.4, 0.5) is 0 Å². The van der Waals surface area contributed by atoms with Gasteiger partial charge < -0.3 is 30.3 Å². The number of unbranched alkanes of at least 4 members (excludes halogenated alkanes) is 5. The molecule has 1 fully saturated rings. The third-order valence-corrected chi connectivity index (χ3v) is 4.63. The summed E-state index contributed by atoms with van der Waals surface area (Å²) in [5, 5.41) is 50.1. The number of carbonyl (C=O) groups is 2. The third kappa shape index (κ3) is 3.94. The lowest BCUT2D eigenvalue weighted by Gasteiger charge is -2.51. The van der Waals surface area contributed by atoms with E-state index in [0.29, 0.717) is 12.8 Å². The number of carbonyl (C=O) groups excluding carboxylic acids is 1. The predicted molar refractivity (Wildman–Crippen MR) is 83.1 cm³/mol. The van der Waals surface area contributed by atoms with E-state index in [1.54, 1.807) is 0 Å². The minimum absolute atomic E-state index is 0.233. The Morgan fingerprint density at radius 1 is 1.04 bits per heavy atom. The Morgan fingerprint density at radius 3 is 2.08 bits per heavy atom. The van der Waals surface area contributed by atoms with Crippen LogP contribution in [-0.2, 0) is 14.3 Å². The summed E-state index contributed by atoms with van der Waals surface area (Å²) in [6.07, 6.45) is -1.29. The number of carboxylic acid groups (broad SMARTS) is 1. The maximum atomic E-state index is 11.8. The number of aliphatic hydroxyl groups is 4. The van der Waals surface area contributed by atoms with Gasteiger partial charge in [0.25, 0.3) is 0 Å². The quantitative estimate of drug-likeness (QED) is 0.365. The molecule has 1 aliphatic rings. The van der Waals surface area contributed by atoms with E-state index in [1.165, 1.54) is 0 Å². The fraction of sp³-hybridized carbons (Fsp3) is 0.875. The van der Waals surface area contributed by atoms with E-state index in [4.69, 9.17) is 9.84 Å². The van der Waals surface area contributed by atoms with Crippen molar-refractivity contribution >= 4 is 11.8 Å². The van der Waals surface area contributed by atoms with Gasteiger partial charge in [-0.15, -0.1) is 0 Å². The van der Waals surface area contributed by atoms with Crippen molar-refractivity contribution in [1.82, 2.24) is 0 Å². The summed E-state index contributed by atoms with van der Waals surface area (Å²) in [6, 6.07) is 0. The van der Waals surface area contributed by atoms with Gasteiger partial charge in [-0.2, -0.15) is 0 Å². The molecule has 0 aromatic carbocycles. The van der Waals surface area contributed by atoms with E-state index in [9.17, 15) is 30.0 Å². The Bertz CT molecular complexity index is 453. The molecule has 1 heterocycles. The van der Waals surface area contributed by atoms with Crippen LogP contribution in [0, 0.1) is 0 Å². The van der Waals surface area contributed by atoms with Crippen molar-refractivity contribution in [3.8, 4) is 0 Å². The fourth-order valence-corrected chi connectivity index (χ4v) is 3.09. The SMILES string of the molecule is CCCCCCCC[C@@]1(O)O[C@H](C(=O)O)[C@@H](O)[C@H](O)[C@]1(O)C(C)=O. The second kappa shape index (κ2) is 8.35. The summed E-state index contributed by atoms with van der Waals surface area (Å²) in [5.74, 6) is -5.19. The Labute approximate surface area is 141 Å². The number of rotatable bonds is 9. The van der Waals surface area contributed by atoms with Crippen LogP contribution < -0.4 is 0 Å². The molecule has 0 saturated carbocycles. The first-order chi connectivity index (χ1) is 11.1. The second-order valence-electron chi connectivity index (χ2n) is 6.44. The molecule has 1 saturated heterocycles. The van der Waals surface area contributed by atoms with Crippen molar-refractivity contribution in [3.63, 3.8) is 0 Å². The maximum absolute atomic E-state index is 11.8. The van der Waals surface area contributed by atoms with Crippen molar-refractivity contribution in [1.29, 1.82) is 0 Å². The van der Waals surface area contributed by atoms with Gasteiger partial charge in [-0.3, -0.25) is 4.79 Å². The third-order valence-electron chi connectivity index (χ3n) is 4.63. The molecule has 5 atom stereocenters. The molecule has 8 heteroatoms. The zero-order chi connectivity index (χ0) is 18.5. The van der Waals surface area contributed by atoms with Crippen molar-refractivity contribution < 1.29 is 39.9 Å². The minimum atomic E-state index is -2.79. The van der Waals surface area contributed by atoms with Crippen LogP contribution in [0.25, 0.3) is 0 Å². The number of aliphatic carboxylic acids is 1. The van der Waals surface area contributed by atoms with Crippen molar-refractivity contribution in [2.24, 2.45) is 0 Å². The van der Waals surface area contributed by atoms with Crippen LogP contribution in [0.1, 0.15) is 58.8 Å². The molecule has 0 spiro atoms. The molecule has 0 aliphatic carbocycles. The highest BCUT2D eigenvalue weighted by Gasteiger charge is 2.66.